The molecule has 0 bridgehead atoms. The van der Waals surface area contributed by atoms with E-state index in [9.17, 15) is 9.18 Å². The lowest BCUT2D eigenvalue weighted by atomic mass is 10.1. The molecule has 5 heteroatoms. The Kier molecular flexibility index (Phi) is 5.38. The fourth-order valence-electron chi connectivity index (χ4n) is 2.76. The van der Waals surface area contributed by atoms with Crippen molar-refractivity contribution in [1.29, 1.82) is 0 Å². The van der Waals surface area contributed by atoms with Crippen LogP contribution in [0.3, 0.4) is 0 Å². The Hall–Kier alpha value is -1.33. The second-order valence-electron chi connectivity index (χ2n) is 5.44. The summed E-state index contributed by atoms with van der Waals surface area (Å²) < 4.78 is 14.8. The normalized spacial score (nSPS) is 18.5. The lowest BCUT2D eigenvalue weighted by molar-refractivity contribution is 0.0765. The number of thioether (sulfide) groups is 1. The van der Waals surface area contributed by atoms with Crippen molar-refractivity contribution >= 4 is 33.6 Å². The van der Waals surface area contributed by atoms with E-state index in [1.165, 1.54) is 6.07 Å². The highest BCUT2D eigenvalue weighted by Crippen LogP contribution is 2.36. The molecule has 2 aromatic rings. The molecule has 0 unspecified atom stereocenters. The second-order valence-corrected chi connectivity index (χ2v) is 7.61. The highest BCUT2D eigenvalue weighted by Gasteiger charge is 2.25. The first-order valence-corrected chi connectivity index (χ1v) is 9.41. The second kappa shape index (κ2) is 7.49. The maximum atomic E-state index is 14.0. The van der Waals surface area contributed by atoms with Gasteiger partial charge in [-0.1, -0.05) is 30.3 Å². The topological polar surface area (TPSA) is 20.3 Å². The highest BCUT2D eigenvalue weighted by atomic mass is 79.9. The summed E-state index contributed by atoms with van der Waals surface area (Å²) >= 11 is 5.17. The Balaban J connectivity index is 1.73. The molecule has 0 saturated carbocycles. The molecule has 1 atom stereocenters. The van der Waals surface area contributed by atoms with Gasteiger partial charge in [-0.05, 0) is 40.5 Å². The van der Waals surface area contributed by atoms with Gasteiger partial charge < -0.3 is 4.90 Å². The van der Waals surface area contributed by atoms with Gasteiger partial charge in [0.25, 0.3) is 5.91 Å². The van der Waals surface area contributed by atoms with E-state index in [-0.39, 0.29) is 17.0 Å². The van der Waals surface area contributed by atoms with Gasteiger partial charge in [0.2, 0.25) is 0 Å². The number of carbonyl (C=O) groups is 1. The molecular weight excluding hydrogens is 377 g/mol. The third kappa shape index (κ3) is 3.78. The van der Waals surface area contributed by atoms with Crippen molar-refractivity contribution in [2.24, 2.45) is 0 Å². The number of benzene rings is 2. The van der Waals surface area contributed by atoms with Crippen LogP contribution in [-0.2, 0) is 0 Å². The minimum absolute atomic E-state index is 0.0345. The Morgan fingerprint density at radius 2 is 1.87 bits per heavy atom. The number of carbonyl (C=O) groups excluding carboxylic acids is 1. The van der Waals surface area contributed by atoms with Gasteiger partial charge in [0.1, 0.15) is 5.82 Å². The molecule has 0 N–H and O–H groups in total. The summed E-state index contributed by atoms with van der Waals surface area (Å²) in [6.07, 6.45) is 0.766. The summed E-state index contributed by atoms with van der Waals surface area (Å²) in [6.45, 7) is 1.34. The number of amides is 1. The summed E-state index contributed by atoms with van der Waals surface area (Å²) in [5.41, 5.74) is 1.43. The molecule has 2 aromatic carbocycles. The van der Waals surface area contributed by atoms with Gasteiger partial charge in [-0.2, -0.15) is 11.8 Å². The molecule has 2 nitrogen and oxygen atoms in total. The van der Waals surface area contributed by atoms with E-state index in [0.717, 1.165) is 22.2 Å². The first-order chi connectivity index (χ1) is 11.2. The molecule has 0 spiro atoms. The molecule has 3 rings (SSSR count). The van der Waals surface area contributed by atoms with Gasteiger partial charge in [-0.25, -0.2) is 4.39 Å². The molecule has 1 aliphatic heterocycles. The molecule has 1 heterocycles. The van der Waals surface area contributed by atoms with E-state index in [0.29, 0.717) is 18.7 Å². The standard InChI is InChI=1S/C18H17BrFNOS/c19-15-7-3-1-5-13(15)18(22)21-10-9-17(23-12-11-21)14-6-2-4-8-16(14)20/h1-8,17H,9-12H2/t17-/m1/s1. The Morgan fingerprint density at radius 3 is 2.65 bits per heavy atom. The van der Waals surface area contributed by atoms with E-state index >= 15 is 0 Å². The van der Waals surface area contributed by atoms with Crippen LogP contribution in [0.15, 0.2) is 53.0 Å². The van der Waals surface area contributed by atoms with Crippen LogP contribution >= 0.6 is 27.7 Å². The Labute approximate surface area is 148 Å². The molecule has 1 amide bonds. The van der Waals surface area contributed by atoms with E-state index in [4.69, 9.17) is 0 Å². The fourth-order valence-corrected chi connectivity index (χ4v) is 4.47. The van der Waals surface area contributed by atoms with Crippen molar-refractivity contribution in [1.82, 2.24) is 4.90 Å². The molecular formula is C18H17BrFNOS. The third-order valence-electron chi connectivity index (χ3n) is 3.99. The van der Waals surface area contributed by atoms with Crippen molar-refractivity contribution in [2.45, 2.75) is 11.7 Å². The molecule has 1 aliphatic rings. The number of halogens is 2. The maximum Gasteiger partial charge on any atom is 0.255 e. The minimum Gasteiger partial charge on any atom is -0.338 e. The monoisotopic (exact) mass is 393 g/mol. The predicted octanol–water partition coefficient (Wildman–Crippen LogP) is 4.91. The maximum absolute atomic E-state index is 14.0. The van der Waals surface area contributed by atoms with E-state index in [1.807, 2.05) is 41.3 Å². The van der Waals surface area contributed by atoms with Gasteiger partial charge in [-0.15, -0.1) is 0 Å². The summed E-state index contributed by atoms with van der Waals surface area (Å²) in [5, 5.41) is 0.105. The zero-order chi connectivity index (χ0) is 16.2. The summed E-state index contributed by atoms with van der Waals surface area (Å²) in [4.78, 5) is 14.6. The van der Waals surface area contributed by atoms with Crippen LogP contribution in [0.4, 0.5) is 4.39 Å². The molecule has 1 saturated heterocycles. The SMILES string of the molecule is O=C(c1ccccc1Br)N1CCS[C@@H](c2ccccc2F)CC1. The fraction of sp³-hybridized carbons (Fsp3) is 0.278. The molecule has 0 radical (unpaired) electrons. The molecule has 120 valence electrons. The van der Waals surface area contributed by atoms with Crippen LogP contribution in [0.1, 0.15) is 27.6 Å². The lowest BCUT2D eigenvalue weighted by Gasteiger charge is -2.21. The lowest BCUT2D eigenvalue weighted by Crippen LogP contribution is -2.33. The van der Waals surface area contributed by atoms with Crippen LogP contribution in [0.5, 0.6) is 0 Å². The van der Waals surface area contributed by atoms with E-state index < -0.39 is 0 Å². The first-order valence-electron chi connectivity index (χ1n) is 7.56. The number of nitrogens with zero attached hydrogens (tertiary/aromatic N) is 1. The van der Waals surface area contributed by atoms with Crippen LogP contribution in [-0.4, -0.2) is 29.6 Å². The zero-order valence-corrected chi connectivity index (χ0v) is 14.9. The first kappa shape index (κ1) is 16.5. The van der Waals surface area contributed by atoms with Gasteiger partial charge >= 0.3 is 0 Å². The highest BCUT2D eigenvalue weighted by molar-refractivity contribution is 9.10. The summed E-state index contributed by atoms with van der Waals surface area (Å²) in [5.74, 6) is 0.692. The summed E-state index contributed by atoms with van der Waals surface area (Å²) in [6, 6.07) is 14.4. The largest absolute Gasteiger partial charge is 0.338 e. The Morgan fingerprint density at radius 1 is 1.13 bits per heavy atom. The smallest absolute Gasteiger partial charge is 0.255 e. The van der Waals surface area contributed by atoms with Gasteiger partial charge in [0, 0.05) is 34.1 Å². The van der Waals surface area contributed by atoms with Crippen LogP contribution in [0, 0.1) is 5.82 Å². The average molecular weight is 394 g/mol. The minimum atomic E-state index is -0.157. The van der Waals surface area contributed by atoms with Gasteiger partial charge in [-0.3, -0.25) is 4.79 Å². The van der Waals surface area contributed by atoms with Crippen molar-refractivity contribution in [3.05, 3.63) is 69.9 Å². The van der Waals surface area contributed by atoms with Crippen molar-refractivity contribution in [3.8, 4) is 0 Å². The number of hydrogen-bond donors (Lipinski definition) is 0. The van der Waals surface area contributed by atoms with E-state index in [1.54, 1.807) is 17.8 Å². The van der Waals surface area contributed by atoms with Gasteiger partial charge in [0.15, 0.2) is 0 Å². The van der Waals surface area contributed by atoms with Crippen molar-refractivity contribution in [3.63, 3.8) is 0 Å². The molecule has 0 aliphatic carbocycles. The number of hydrogen-bond acceptors (Lipinski definition) is 2. The Bertz CT molecular complexity index is 709. The van der Waals surface area contributed by atoms with Crippen molar-refractivity contribution < 1.29 is 9.18 Å². The van der Waals surface area contributed by atoms with Gasteiger partial charge in [0.05, 0.1) is 5.56 Å². The molecule has 0 aromatic heterocycles. The van der Waals surface area contributed by atoms with E-state index in [2.05, 4.69) is 15.9 Å². The molecule has 23 heavy (non-hydrogen) atoms. The van der Waals surface area contributed by atoms with Crippen LogP contribution in [0.2, 0.25) is 0 Å². The van der Waals surface area contributed by atoms with Crippen LogP contribution in [0.25, 0.3) is 0 Å². The number of rotatable bonds is 2. The van der Waals surface area contributed by atoms with Crippen LogP contribution < -0.4 is 0 Å². The average Bonchev–Trinajstić information content (AvgIpc) is 2.81. The quantitative estimate of drug-likeness (QED) is 0.722. The molecule has 1 fully saturated rings. The summed E-state index contributed by atoms with van der Waals surface area (Å²) in [7, 11) is 0. The third-order valence-corrected chi connectivity index (χ3v) is 5.99. The van der Waals surface area contributed by atoms with Crippen molar-refractivity contribution in [2.75, 3.05) is 18.8 Å². The predicted molar refractivity (Wildman–Crippen MR) is 96.3 cm³/mol. The zero-order valence-electron chi connectivity index (χ0n) is 12.5.